The van der Waals surface area contributed by atoms with Crippen LogP contribution in [0.3, 0.4) is 0 Å². The van der Waals surface area contributed by atoms with Gasteiger partial charge in [-0.15, -0.1) is 12.4 Å². The van der Waals surface area contributed by atoms with Gasteiger partial charge >= 0.3 is 0 Å². The maximum Gasteiger partial charge on any atom is 0.246 e. The predicted molar refractivity (Wildman–Crippen MR) is 87.3 cm³/mol. The van der Waals surface area contributed by atoms with Gasteiger partial charge in [-0.05, 0) is 18.4 Å². The van der Waals surface area contributed by atoms with E-state index in [0.717, 1.165) is 12.1 Å². The molecule has 9 heteroatoms. The Hall–Kier alpha value is -1.09. The van der Waals surface area contributed by atoms with E-state index in [-0.39, 0.29) is 35.9 Å². The molecule has 6 nitrogen and oxygen atoms in total. The zero-order chi connectivity index (χ0) is 16.5. The molecule has 2 N–H and O–H groups in total. The van der Waals surface area contributed by atoms with Crippen molar-refractivity contribution in [3.8, 4) is 11.5 Å². The fourth-order valence-corrected chi connectivity index (χ4v) is 4.18. The number of nitrogens with two attached hydrogens (primary N) is 1. The van der Waals surface area contributed by atoms with Gasteiger partial charge in [-0.25, -0.2) is 12.8 Å². The lowest BCUT2D eigenvalue weighted by molar-refractivity contribution is 0.345. The predicted octanol–water partition coefficient (Wildman–Crippen LogP) is 1.62. The summed E-state index contributed by atoms with van der Waals surface area (Å²) in [5.41, 5.74) is 5.42. The van der Waals surface area contributed by atoms with E-state index in [1.54, 1.807) is 0 Å². The minimum Gasteiger partial charge on any atom is -0.493 e. The van der Waals surface area contributed by atoms with Gasteiger partial charge in [-0.2, -0.15) is 4.31 Å². The average molecular weight is 369 g/mol. The number of nitrogens with zero attached hydrogens (tertiary/aromatic N) is 1. The van der Waals surface area contributed by atoms with Gasteiger partial charge in [-0.1, -0.05) is 6.92 Å². The van der Waals surface area contributed by atoms with Crippen LogP contribution >= 0.6 is 12.4 Å². The van der Waals surface area contributed by atoms with Gasteiger partial charge in [0.2, 0.25) is 10.0 Å². The van der Waals surface area contributed by atoms with Gasteiger partial charge in [0, 0.05) is 25.2 Å². The number of methoxy groups -OCH3 is 2. The molecule has 1 aliphatic rings. The molecule has 1 fully saturated rings. The molecule has 23 heavy (non-hydrogen) atoms. The molecule has 1 heterocycles. The molecule has 1 aliphatic heterocycles. The molecule has 132 valence electrons. The first-order chi connectivity index (χ1) is 10.3. The second-order valence-corrected chi connectivity index (χ2v) is 7.65. The number of ether oxygens (including phenoxy) is 2. The summed E-state index contributed by atoms with van der Waals surface area (Å²) in [4.78, 5) is -0.411. The Morgan fingerprint density at radius 1 is 1.30 bits per heavy atom. The fraction of sp³-hybridized carbons (Fsp3) is 0.571. The van der Waals surface area contributed by atoms with Crippen LogP contribution in [0.5, 0.6) is 11.5 Å². The number of halogens is 2. The van der Waals surface area contributed by atoms with E-state index in [0.29, 0.717) is 19.5 Å². The van der Waals surface area contributed by atoms with Gasteiger partial charge in [0.15, 0.2) is 11.5 Å². The van der Waals surface area contributed by atoms with Gasteiger partial charge in [-0.3, -0.25) is 0 Å². The van der Waals surface area contributed by atoms with Crippen molar-refractivity contribution in [2.45, 2.75) is 18.2 Å². The topological polar surface area (TPSA) is 81.9 Å². The largest absolute Gasteiger partial charge is 0.493 e. The van der Waals surface area contributed by atoms with Crippen LogP contribution in [0.25, 0.3) is 0 Å². The van der Waals surface area contributed by atoms with E-state index >= 15 is 0 Å². The van der Waals surface area contributed by atoms with Crippen LogP contribution in [0, 0.1) is 11.2 Å². The van der Waals surface area contributed by atoms with Crippen LogP contribution in [0.2, 0.25) is 0 Å². The Balaban J connectivity index is 0.00000264. The Morgan fingerprint density at radius 2 is 1.87 bits per heavy atom. The number of sulfonamides is 1. The molecule has 2 rings (SSSR count). The fourth-order valence-electron chi connectivity index (χ4n) is 2.52. The molecule has 0 bridgehead atoms. The number of benzene rings is 1. The zero-order valence-corrected chi connectivity index (χ0v) is 15.0. The summed E-state index contributed by atoms with van der Waals surface area (Å²) in [5, 5.41) is 0. The summed E-state index contributed by atoms with van der Waals surface area (Å²) in [6.45, 7) is 2.91. The van der Waals surface area contributed by atoms with Crippen molar-refractivity contribution in [1.82, 2.24) is 4.31 Å². The van der Waals surface area contributed by atoms with Crippen molar-refractivity contribution >= 4 is 22.4 Å². The molecule has 0 saturated carbocycles. The molecule has 1 aromatic carbocycles. The maximum absolute atomic E-state index is 14.2. The van der Waals surface area contributed by atoms with E-state index < -0.39 is 20.7 Å². The molecule has 0 spiro atoms. The second-order valence-electron chi connectivity index (χ2n) is 5.74. The lowest BCUT2D eigenvalue weighted by Crippen LogP contribution is -2.34. The van der Waals surface area contributed by atoms with Crippen LogP contribution in [-0.2, 0) is 10.0 Å². The summed E-state index contributed by atoms with van der Waals surface area (Å²) in [5.74, 6) is -0.547. The first-order valence-electron chi connectivity index (χ1n) is 6.89. The van der Waals surface area contributed by atoms with Crippen LogP contribution in [0.4, 0.5) is 4.39 Å². The Bertz CT molecular complexity index is 671. The normalized spacial score (nSPS) is 21.8. The highest BCUT2D eigenvalue weighted by molar-refractivity contribution is 7.89. The zero-order valence-electron chi connectivity index (χ0n) is 13.3. The van der Waals surface area contributed by atoms with Crippen molar-refractivity contribution in [1.29, 1.82) is 0 Å². The molecule has 0 radical (unpaired) electrons. The highest BCUT2D eigenvalue weighted by Crippen LogP contribution is 2.36. The summed E-state index contributed by atoms with van der Waals surface area (Å²) >= 11 is 0. The number of hydrogen-bond donors (Lipinski definition) is 1. The monoisotopic (exact) mass is 368 g/mol. The molecule has 0 aromatic heterocycles. The first kappa shape index (κ1) is 20.0. The Kier molecular flexibility index (Phi) is 6.25. The minimum absolute atomic E-state index is 0. The van der Waals surface area contributed by atoms with Crippen molar-refractivity contribution in [2.75, 3.05) is 33.9 Å². The van der Waals surface area contributed by atoms with E-state index in [2.05, 4.69) is 0 Å². The molecule has 0 amide bonds. The Morgan fingerprint density at radius 3 is 2.35 bits per heavy atom. The van der Waals surface area contributed by atoms with E-state index in [1.165, 1.54) is 18.5 Å². The summed E-state index contributed by atoms with van der Waals surface area (Å²) in [6.07, 6.45) is 0.650. The lowest BCUT2D eigenvalue weighted by Gasteiger charge is -2.22. The summed E-state index contributed by atoms with van der Waals surface area (Å²) in [6, 6.07) is 2.17. The SMILES string of the molecule is COc1cc(F)c(S(=O)(=O)N2CCC(C)(CN)C2)cc1OC.Cl. The summed E-state index contributed by atoms with van der Waals surface area (Å²) in [7, 11) is -1.21. The number of rotatable bonds is 5. The van der Waals surface area contributed by atoms with Crippen molar-refractivity contribution in [3.05, 3.63) is 17.9 Å². The molecule has 1 unspecified atom stereocenters. The minimum atomic E-state index is -3.94. The maximum atomic E-state index is 14.2. The third-order valence-electron chi connectivity index (χ3n) is 4.07. The third-order valence-corrected chi connectivity index (χ3v) is 5.93. The molecule has 1 saturated heterocycles. The molecule has 0 aliphatic carbocycles. The lowest BCUT2D eigenvalue weighted by atomic mass is 9.90. The third kappa shape index (κ3) is 3.71. The molecule has 1 atom stereocenters. The van der Waals surface area contributed by atoms with Gasteiger partial charge in [0.05, 0.1) is 14.2 Å². The van der Waals surface area contributed by atoms with Gasteiger partial charge < -0.3 is 15.2 Å². The molecule has 1 aromatic rings. The van der Waals surface area contributed by atoms with Crippen LogP contribution in [0.1, 0.15) is 13.3 Å². The van der Waals surface area contributed by atoms with Crippen LogP contribution in [-0.4, -0.2) is 46.6 Å². The van der Waals surface area contributed by atoms with E-state index in [9.17, 15) is 12.8 Å². The summed E-state index contributed by atoms with van der Waals surface area (Å²) < 4.78 is 50.9. The second kappa shape index (κ2) is 7.21. The van der Waals surface area contributed by atoms with Crippen molar-refractivity contribution in [3.63, 3.8) is 0 Å². The van der Waals surface area contributed by atoms with Crippen molar-refractivity contribution in [2.24, 2.45) is 11.1 Å². The number of hydrogen-bond acceptors (Lipinski definition) is 5. The van der Waals surface area contributed by atoms with Crippen LogP contribution in [0.15, 0.2) is 17.0 Å². The first-order valence-corrected chi connectivity index (χ1v) is 8.33. The van der Waals surface area contributed by atoms with Crippen molar-refractivity contribution < 1.29 is 22.3 Å². The molecular formula is C14H22ClFN2O4S. The highest BCUT2D eigenvalue weighted by Gasteiger charge is 2.40. The highest BCUT2D eigenvalue weighted by atomic mass is 35.5. The van der Waals surface area contributed by atoms with Crippen LogP contribution < -0.4 is 15.2 Å². The van der Waals surface area contributed by atoms with E-state index in [1.807, 2.05) is 6.92 Å². The smallest absolute Gasteiger partial charge is 0.246 e. The quantitative estimate of drug-likeness (QED) is 0.854. The standard InChI is InChI=1S/C14H21FN2O4S.ClH/c1-14(8-16)4-5-17(9-14)22(18,19)13-7-12(21-3)11(20-2)6-10(13)15;/h6-7H,4-5,8-9,16H2,1-3H3;1H. The van der Waals surface area contributed by atoms with Gasteiger partial charge in [0.25, 0.3) is 0 Å². The molecular weight excluding hydrogens is 347 g/mol. The average Bonchev–Trinajstić information content (AvgIpc) is 2.90. The Labute approximate surface area is 142 Å². The van der Waals surface area contributed by atoms with Gasteiger partial charge in [0.1, 0.15) is 10.7 Å². The van der Waals surface area contributed by atoms with E-state index in [4.69, 9.17) is 15.2 Å².